The molecule has 5 nitrogen and oxygen atoms in total. The monoisotopic (exact) mass is 357 g/mol. The first kappa shape index (κ1) is 17.5. The van der Waals surface area contributed by atoms with Crippen molar-refractivity contribution in [3.8, 4) is 17.1 Å². The highest BCUT2D eigenvalue weighted by Gasteiger charge is 2.10. The Hall–Kier alpha value is -2.37. The number of aryl methyl sites for hydroxylation is 1. The third kappa shape index (κ3) is 5.05. The molecule has 0 aliphatic rings. The van der Waals surface area contributed by atoms with E-state index in [2.05, 4.69) is 15.0 Å². The Balaban J connectivity index is 1.49. The summed E-state index contributed by atoms with van der Waals surface area (Å²) in [7, 11) is 1.98. The van der Waals surface area contributed by atoms with E-state index in [0.717, 1.165) is 17.9 Å². The Labute approximate surface area is 152 Å². The molecule has 25 heavy (non-hydrogen) atoms. The molecule has 0 aliphatic carbocycles. The minimum absolute atomic E-state index is 0.551. The van der Waals surface area contributed by atoms with Crippen LogP contribution < -0.4 is 4.74 Å². The second-order valence-electron chi connectivity index (χ2n) is 5.92. The lowest BCUT2D eigenvalue weighted by molar-refractivity contribution is 0.213. The zero-order chi connectivity index (χ0) is 17.6. The molecule has 3 rings (SSSR count). The molecule has 0 unspecified atom stereocenters. The predicted molar refractivity (Wildman–Crippen MR) is 97.8 cm³/mol. The fourth-order valence-electron chi connectivity index (χ4n) is 2.33. The number of nitrogens with zero attached hydrogens (tertiary/aromatic N) is 3. The quantitative estimate of drug-likeness (QED) is 0.634. The van der Waals surface area contributed by atoms with Crippen LogP contribution in [0.3, 0.4) is 0 Å². The van der Waals surface area contributed by atoms with Crippen molar-refractivity contribution in [2.24, 2.45) is 0 Å². The predicted octanol–water partition coefficient (Wildman–Crippen LogP) is 4.21. The molecule has 3 aromatic rings. The van der Waals surface area contributed by atoms with Crippen LogP contribution in [-0.4, -0.2) is 35.2 Å². The maximum atomic E-state index is 5.94. The number of aromatic nitrogens is 2. The largest absolute Gasteiger partial charge is 0.492 e. The number of hydrogen-bond donors (Lipinski definition) is 0. The molecule has 0 saturated heterocycles. The van der Waals surface area contributed by atoms with Crippen LogP contribution >= 0.6 is 11.6 Å². The van der Waals surface area contributed by atoms with Crippen LogP contribution in [0.4, 0.5) is 0 Å². The van der Waals surface area contributed by atoms with Crippen molar-refractivity contribution in [3.63, 3.8) is 0 Å². The Morgan fingerprint density at radius 1 is 1.16 bits per heavy atom. The third-order valence-corrected chi connectivity index (χ3v) is 3.96. The lowest BCUT2D eigenvalue weighted by atomic mass is 10.1. The van der Waals surface area contributed by atoms with Crippen molar-refractivity contribution in [2.45, 2.75) is 13.5 Å². The van der Waals surface area contributed by atoms with E-state index in [1.54, 1.807) is 6.07 Å². The van der Waals surface area contributed by atoms with Gasteiger partial charge in [0, 0.05) is 17.1 Å². The van der Waals surface area contributed by atoms with Crippen LogP contribution in [0.15, 0.2) is 53.1 Å². The highest BCUT2D eigenvalue weighted by molar-refractivity contribution is 6.30. The number of likely N-dealkylation sites (N-methyl/N-ethyl adjacent to an activating group) is 1. The molecule has 0 amide bonds. The molecule has 2 aromatic carbocycles. The van der Waals surface area contributed by atoms with Crippen molar-refractivity contribution in [1.29, 1.82) is 0 Å². The van der Waals surface area contributed by atoms with Gasteiger partial charge in [0.05, 0.1) is 6.54 Å². The van der Waals surface area contributed by atoms with Crippen LogP contribution in [0.1, 0.15) is 11.5 Å². The topological polar surface area (TPSA) is 51.4 Å². The van der Waals surface area contributed by atoms with E-state index in [0.29, 0.717) is 29.9 Å². The minimum atomic E-state index is 0.551. The molecular formula is C19H20ClN3O2. The van der Waals surface area contributed by atoms with Gasteiger partial charge < -0.3 is 9.26 Å². The first-order chi connectivity index (χ1) is 12.1. The number of benzene rings is 2. The summed E-state index contributed by atoms with van der Waals surface area (Å²) in [6.07, 6.45) is 0. The van der Waals surface area contributed by atoms with Crippen molar-refractivity contribution < 1.29 is 9.26 Å². The van der Waals surface area contributed by atoms with Crippen LogP contribution in [0, 0.1) is 6.92 Å². The Morgan fingerprint density at radius 2 is 1.96 bits per heavy atom. The van der Waals surface area contributed by atoms with Gasteiger partial charge in [-0.25, -0.2) is 0 Å². The number of hydrogen-bond acceptors (Lipinski definition) is 5. The van der Waals surface area contributed by atoms with Crippen LogP contribution in [0.5, 0.6) is 5.75 Å². The highest BCUT2D eigenvalue weighted by Crippen LogP contribution is 2.18. The lowest BCUT2D eigenvalue weighted by Crippen LogP contribution is -2.24. The van der Waals surface area contributed by atoms with Gasteiger partial charge in [0.25, 0.3) is 0 Å². The lowest BCUT2D eigenvalue weighted by Gasteiger charge is -2.14. The number of ether oxygens (including phenoxy) is 1. The van der Waals surface area contributed by atoms with Crippen LogP contribution in [-0.2, 0) is 6.54 Å². The van der Waals surface area contributed by atoms with Crippen molar-refractivity contribution in [3.05, 3.63) is 65.0 Å². The zero-order valence-corrected chi connectivity index (χ0v) is 15.0. The molecule has 0 spiro atoms. The molecule has 0 aliphatic heterocycles. The summed E-state index contributed by atoms with van der Waals surface area (Å²) in [6.45, 7) is 3.90. The summed E-state index contributed by atoms with van der Waals surface area (Å²) in [6, 6.07) is 15.4. The van der Waals surface area contributed by atoms with Gasteiger partial charge >= 0.3 is 0 Å². The molecule has 1 aromatic heterocycles. The first-order valence-electron chi connectivity index (χ1n) is 8.07. The average Bonchev–Trinajstić information content (AvgIpc) is 3.04. The zero-order valence-electron chi connectivity index (χ0n) is 14.3. The third-order valence-electron chi connectivity index (χ3n) is 3.72. The second kappa shape index (κ2) is 8.14. The fraction of sp³-hybridized carbons (Fsp3) is 0.263. The SMILES string of the molecule is Cc1ccc(-c2noc(CN(C)CCOc3cccc(Cl)c3)n2)cc1. The van der Waals surface area contributed by atoms with E-state index in [9.17, 15) is 0 Å². The Bertz CT molecular complexity index is 818. The molecule has 0 atom stereocenters. The molecule has 0 radical (unpaired) electrons. The van der Waals surface area contributed by atoms with Crippen molar-refractivity contribution in [1.82, 2.24) is 15.0 Å². The molecule has 130 valence electrons. The average molecular weight is 358 g/mol. The summed E-state index contributed by atoms with van der Waals surface area (Å²) >= 11 is 5.94. The summed E-state index contributed by atoms with van der Waals surface area (Å²) < 4.78 is 11.0. The Morgan fingerprint density at radius 3 is 2.72 bits per heavy atom. The molecule has 1 heterocycles. The Kier molecular flexibility index (Phi) is 5.68. The van der Waals surface area contributed by atoms with E-state index in [1.165, 1.54) is 5.56 Å². The highest BCUT2D eigenvalue weighted by atomic mass is 35.5. The maximum absolute atomic E-state index is 5.94. The van der Waals surface area contributed by atoms with E-state index in [1.807, 2.05) is 56.4 Å². The summed E-state index contributed by atoms with van der Waals surface area (Å²) in [5.41, 5.74) is 2.15. The molecule has 0 fully saturated rings. The van der Waals surface area contributed by atoms with E-state index in [-0.39, 0.29) is 0 Å². The van der Waals surface area contributed by atoms with Crippen molar-refractivity contribution in [2.75, 3.05) is 20.2 Å². The minimum Gasteiger partial charge on any atom is -0.492 e. The van der Waals surface area contributed by atoms with E-state index in [4.69, 9.17) is 20.9 Å². The van der Waals surface area contributed by atoms with Gasteiger partial charge in [0.15, 0.2) is 0 Å². The normalized spacial score (nSPS) is 11.0. The van der Waals surface area contributed by atoms with E-state index < -0.39 is 0 Å². The van der Waals surface area contributed by atoms with Gasteiger partial charge in [-0.1, -0.05) is 52.7 Å². The summed E-state index contributed by atoms with van der Waals surface area (Å²) in [5, 5.41) is 4.72. The van der Waals surface area contributed by atoms with Gasteiger partial charge in [0.2, 0.25) is 11.7 Å². The van der Waals surface area contributed by atoms with Crippen molar-refractivity contribution >= 4 is 11.6 Å². The number of rotatable bonds is 7. The molecular weight excluding hydrogens is 338 g/mol. The second-order valence-corrected chi connectivity index (χ2v) is 6.36. The molecule has 6 heteroatoms. The number of halogens is 1. The van der Waals surface area contributed by atoms with Crippen LogP contribution in [0.2, 0.25) is 5.02 Å². The standard InChI is InChI=1S/C19H20ClN3O2/c1-14-6-8-15(9-7-14)19-21-18(25-22-19)13-23(2)10-11-24-17-5-3-4-16(20)12-17/h3-9,12H,10-11,13H2,1-2H3. The first-order valence-corrected chi connectivity index (χ1v) is 8.44. The maximum Gasteiger partial charge on any atom is 0.241 e. The smallest absolute Gasteiger partial charge is 0.241 e. The van der Waals surface area contributed by atoms with Crippen LogP contribution in [0.25, 0.3) is 11.4 Å². The van der Waals surface area contributed by atoms with E-state index >= 15 is 0 Å². The molecule has 0 bridgehead atoms. The van der Waals surface area contributed by atoms with Gasteiger partial charge in [0.1, 0.15) is 12.4 Å². The molecule has 0 saturated carbocycles. The van der Waals surface area contributed by atoms with Gasteiger partial charge in [-0.15, -0.1) is 0 Å². The fourth-order valence-corrected chi connectivity index (χ4v) is 2.51. The summed E-state index contributed by atoms with van der Waals surface area (Å²) in [5.74, 6) is 1.96. The van der Waals surface area contributed by atoms with Gasteiger partial charge in [-0.05, 0) is 32.2 Å². The van der Waals surface area contributed by atoms with Gasteiger partial charge in [-0.3, -0.25) is 4.90 Å². The molecule has 0 N–H and O–H groups in total. The summed E-state index contributed by atoms with van der Waals surface area (Å²) in [4.78, 5) is 6.52. The van der Waals surface area contributed by atoms with Gasteiger partial charge in [-0.2, -0.15) is 4.98 Å².